The molecule has 0 saturated carbocycles. The molecule has 3 atom stereocenters. The van der Waals surface area contributed by atoms with Gasteiger partial charge < -0.3 is 19.4 Å². The van der Waals surface area contributed by atoms with Gasteiger partial charge in [0, 0.05) is 31.1 Å². The average molecular weight is 406 g/mol. The average Bonchev–Trinajstić information content (AvgIpc) is 2.59. The van der Waals surface area contributed by atoms with Crippen molar-refractivity contribution in [2.75, 3.05) is 5.73 Å². The molecule has 0 aliphatic carbocycles. The standard InChI is InChI=1S/C16H11NO6S3/c17-11-5-12(24(18)19)8-3-4-10-14(26(22)23)6-13(25(20)21)9-2-1-7(11)15(8)16(9)10/h1-6H,17H2,(H,18,19)(H,20,21)(H,22,23)/p-3. The summed E-state index contributed by atoms with van der Waals surface area (Å²) in [6.07, 6.45) is 0. The van der Waals surface area contributed by atoms with Crippen LogP contribution in [0.5, 0.6) is 0 Å². The van der Waals surface area contributed by atoms with Crippen LogP contribution in [0, 0.1) is 0 Å². The van der Waals surface area contributed by atoms with Gasteiger partial charge in [0.25, 0.3) is 0 Å². The van der Waals surface area contributed by atoms with Crippen molar-refractivity contribution in [3.05, 3.63) is 36.4 Å². The van der Waals surface area contributed by atoms with Crippen LogP contribution in [0.4, 0.5) is 5.69 Å². The highest BCUT2D eigenvalue weighted by Gasteiger charge is 2.18. The first-order chi connectivity index (χ1) is 12.3. The highest BCUT2D eigenvalue weighted by Crippen LogP contribution is 2.42. The zero-order valence-electron chi connectivity index (χ0n) is 12.7. The fourth-order valence-electron chi connectivity index (χ4n) is 3.34. The smallest absolute Gasteiger partial charge is 0.0406 e. The molecule has 4 aromatic rings. The van der Waals surface area contributed by atoms with Gasteiger partial charge >= 0.3 is 0 Å². The molecule has 0 aliphatic heterocycles. The van der Waals surface area contributed by atoms with Gasteiger partial charge in [0.1, 0.15) is 0 Å². The maximum Gasteiger partial charge on any atom is 0.0406 e. The number of rotatable bonds is 3. The zero-order valence-corrected chi connectivity index (χ0v) is 15.2. The molecule has 4 aromatic carbocycles. The van der Waals surface area contributed by atoms with Crippen LogP contribution >= 0.6 is 0 Å². The van der Waals surface area contributed by atoms with Crippen LogP contribution in [0.15, 0.2) is 51.1 Å². The molecule has 134 valence electrons. The molecule has 2 N–H and O–H groups in total. The van der Waals surface area contributed by atoms with E-state index in [0.29, 0.717) is 32.3 Å². The molecule has 7 nitrogen and oxygen atoms in total. The molecular formula is C16H8NO6S3-3. The summed E-state index contributed by atoms with van der Waals surface area (Å²) < 4.78 is 69.8. The summed E-state index contributed by atoms with van der Waals surface area (Å²) >= 11 is -7.94. The molecule has 0 saturated heterocycles. The van der Waals surface area contributed by atoms with Crippen LogP contribution in [0.1, 0.15) is 0 Å². The van der Waals surface area contributed by atoms with Crippen LogP contribution < -0.4 is 5.73 Å². The maximum absolute atomic E-state index is 11.6. The molecule has 0 radical (unpaired) electrons. The summed E-state index contributed by atoms with van der Waals surface area (Å²) in [6.45, 7) is 0. The fourth-order valence-corrected chi connectivity index (χ4v) is 5.11. The van der Waals surface area contributed by atoms with Gasteiger partial charge in [0.2, 0.25) is 0 Å². The van der Waals surface area contributed by atoms with E-state index in [-0.39, 0.29) is 20.4 Å². The molecule has 3 unspecified atom stereocenters. The van der Waals surface area contributed by atoms with Crippen molar-refractivity contribution in [1.82, 2.24) is 0 Å². The number of hydrogen-bond donors (Lipinski definition) is 1. The lowest BCUT2D eigenvalue weighted by atomic mass is 9.93. The molecule has 0 aliphatic rings. The fraction of sp³-hybridized carbons (Fsp3) is 0. The number of nitrogen functional groups attached to an aromatic ring is 1. The summed E-state index contributed by atoms with van der Waals surface area (Å²) in [4.78, 5) is -0.403. The Morgan fingerprint density at radius 1 is 0.615 bits per heavy atom. The predicted molar refractivity (Wildman–Crippen MR) is 96.1 cm³/mol. The van der Waals surface area contributed by atoms with E-state index in [0.717, 1.165) is 6.07 Å². The third kappa shape index (κ3) is 2.38. The first-order valence-electron chi connectivity index (χ1n) is 7.13. The highest BCUT2D eigenvalue weighted by molar-refractivity contribution is 7.80. The third-order valence-corrected chi connectivity index (χ3v) is 6.45. The molecule has 10 heteroatoms. The topological polar surface area (TPSA) is 146 Å². The Bertz CT molecular complexity index is 1250. The van der Waals surface area contributed by atoms with E-state index in [9.17, 15) is 26.3 Å². The summed E-state index contributed by atoms with van der Waals surface area (Å²) in [5, 5.41) is 2.22. The van der Waals surface area contributed by atoms with Crippen molar-refractivity contribution >= 4 is 71.2 Å². The van der Waals surface area contributed by atoms with E-state index in [4.69, 9.17) is 5.73 Å². The monoisotopic (exact) mass is 406 g/mol. The number of anilines is 1. The van der Waals surface area contributed by atoms with Crippen LogP contribution in [0.25, 0.3) is 32.3 Å². The van der Waals surface area contributed by atoms with Crippen molar-refractivity contribution in [1.29, 1.82) is 0 Å². The molecular weight excluding hydrogens is 398 g/mol. The molecule has 0 heterocycles. The first kappa shape index (κ1) is 17.5. The second-order valence-corrected chi connectivity index (χ2v) is 8.34. The summed E-state index contributed by atoms with van der Waals surface area (Å²) in [6, 6.07) is 8.52. The van der Waals surface area contributed by atoms with Crippen molar-refractivity contribution in [2.24, 2.45) is 0 Å². The Morgan fingerprint density at radius 3 is 1.38 bits per heavy atom. The SMILES string of the molecule is Nc1cc(S(=O)[O-])c2ccc3c(S(=O)[O-])cc(S(=O)[O-])c4ccc1c2c43. The minimum absolute atomic E-state index is 0.0390. The van der Waals surface area contributed by atoms with E-state index >= 15 is 0 Å². The molecule has 4 rings (SSSR count). The van der Waals surface area contributed by atoms with Crippen molar-refractivity contribution < 1.29 is 26.3 Å². The third-order valence-electron chi connectivity index (χ3n) is 4.36. The molecule has 0 bridgehead atoms. The van der Waals surface area contributed by atoms with E-state index in [1.165, 1.54) is 24.3 Å². The van der Waals surface area contributed by atoms with E-state index in [1.54, 1.807) is 6.07 Å². The van der Waals surface area contributed by atoms with Gasteiger partial charge in [-0.25, -0.2) is 0 Å². The Morgan fingerprint density at radius 2 is 0.962 bits per heavy atom. The zero-order chi connectivity index (χ0) is 18.7. The minimum atomic E-state index is -2.68. The minimum Gasteiger partial charge on any atom is -0.768 e. The largest absolute Gasteiger partial charge is 0.768 e. The predicted octanol–water partition coefficient (Wildman–Crippen LogP) is 1.88. The van der Waals surface area contributed by atoms with Gasteiger partial charge in [-0.2, -0.15) is 0 Å². The lowest BCUT2D eigenvalue weighted by Crippen LogP contribution is -2.01. The molecule has 0 fully saturated rings. The van der Waals surface area contributed by atoms with E-state index in [2.05, 4.69) is 0 Å². The summed E-state index contributed by atoms with van der Waals surface area (Å²) in [5.74, 6) is 0. The quantitative estimate of drug-likeness (QED) is 0.310. The Balaban J connectivity index is 2.39. The lowest BCUT2D eigenvalue weighted by molar-refractivity contribution is 0.534. The maximum atomic E-state index is 11.6. The molecule has 0 amide bonds. The number of nitrogens with two attached hydrogens (primary N) is 1. The highest BCUT2D eigenvalue weighted by atomic mass is 32.2. The Kier molecular flexibility index (Phi) is 4.06. The second kappa shape index (κ2) is 6.05. The second-order valence-electron chi connectivity index (χ2n) is 5.61. The van der Waals surface area contributed by atoms with Gasteiger partial charge in [-0.3, -0.25) is 12.6 Å². The molecule has 0 aromatic heterocycles. The number of hydrogen-bond acceptors (Lipinski definition) is 7. The van der Waals surface area contributed by atoms with Crippen molar-refractivity contribution in [2.45, 2.75) is 14.7 Å². The molecule has 0 spiro atoms. The van der Waals surface area contributed by atoms with Crippen LogP contribution in [-0.4, -0.2) is 26.3 Å². The van der Waals surface area contributed by atoms with Crippen LogP contribution in [-0.2, 0) is 33.2 Å². The van der Waals surface area contributed by atoms with Gasteiger partial charge in [-0.15, -0.1) is 0 Å². The Labute approximate surface area is 154 Å². The van der Waals surface area contributed by atoms with Gasteiger partial charge in [-0.05, 0) is 66.9 Å². The summed E-state index contributed by atoms with van der Waals surface area (Å²) in [7, 11) is 0. The van der Waals surface area contributed by atoms with E-state index < -0.39 is 33.2 Å². The van der Waals surface area contributed by atoms with Crippen molar-refractivity contribution in [3.8, 4) is 0 Å². The summed E-state index contributed by atoms with van der Waals surface area (Å²) in [5.41, 5.74) is 6.18. The van der Waals surface area contributed by atoms with Crippen LogP contribution in [0.2, 0.25) is 0 Å². The van der Waals surface area contributed by atoms with Gasteiger partial charge in [0.05, 0.1) is 0 Å². The Hall–Kier alpha value is -1.95. The number of benzene rings is 4. The van der Waals surface area contributed by atoms with Gasteiger partial charge in [0.15, 0.2) is 0 Å². The van der Waals surface area contributed by atoms with E-state index in [1.807, 2.05) is 0 Å². The van der Waals surface area contributed by atoms with Crippen molar-refractivity contribution in [3.63, 3.8) is 0 Å². The molecule has 26 heavy (non-hydrogen) atoms. The van der Waals surface area contributed by atoms with Gasteiger partial charge in [-0.1, -0.05) is 24.3 Å². The normalized spacial score (nSPS) is 15.7. The first-order valence-corrected chi connectivity index (χ1v) is 10.4. The van der Waals surface area contributed by atoms with Crippen LogP contribution in [0.3, 0.4) is 0 Å². The lowest BCUT2D eigenvalue weighted by Gasteiger charge is -2.21.